The molecular formula is C22H18FN5OS. The predicted molar refractivity (Wildman–Crippen MR) is 118 cm³/mol. The molecule has 3 aromatic carbocycles. The highest BCUT2D eigenvalue weighted by molar-refractivity contribution is 7.80. The minimum Gasteiger partial charge on any atom is -0.332 e. The summed E-state index contributed by atoms with van der Waals surface area (Å²) in [6, 6.07) is 16.9. The molecule has 0 unspecified atom stereocenters. The van der Waals surface area contributed by atoms with Crippen molar-refractivity contribution in [3.05, 3.63) is 83.2 Å². The second kappa shape index (κ2) is 8.00. The monoisotopic (exact) mass is 419 g/mol. The van der Waals surface area contributed by atoms with Gasteiger partial charge in [-0.1, -0.05) is 18.2 Å². The number of benzene rings is 3. The van der Waals surface area contributed by atoms with Gasteiger partial charge in [-0.3, -0.25) is 10.1 Å². The summed E-state index contributed by atoms with van der Waals surface area (Å²) in [5, 5.41) is 14.8. The number of nitrogens with one attached hydrogen (secondary N) is 2. The largest absolute Gasteiger partial charge is 0.332 e. The number of amides is 1. The van der Waals surface area contributed by atoms with E-state index in [-0.39, 0.29) is 16.8 Å². The molecule has 0 spiro atoms. The number of halogens is 1. The molecule has 1 amide bonds. The molecule has 0 fully saturated rings. The van der Waals surface area contributed by atoms with Crippen molar-refractivity contribution in [2.75, 3.05) is 5.32 Å². The molecule has 0 bridgehead atoms. The van der Waals surface area contributed by atoms with Gasteiger partial charge in [0.15, 0.2) is 5.11 Å². The maximum Gasteiger partial charge on any atom is 0.257 e. The first-order valence-electron chi connectivity index (χ1n) is 9.22. The topological polar surface area (TPSA) is 71.8 Å². The fraction of sp³-hybridized carbons (Fsp3) is 0.0909. The summed E-state index contributed by atoms with van der Waals surface area (Å²) >= 11 is 5.31. The Labute approximate surface area is 177 Å². The van der Waals surface area contributed by atoms with Gasteiger partial charge in [0.05, 0.1) is 5.69 Å². The Morgan fingerprint density at radius 3 is 2.33 bits per heavy atom. The minimum atomic E-state index is -0.320. The average molecular weight is 419 g/mol. The Bertz CT molecular complexity index is 1270. The average Bonchev–Trinajstić information content (AvgIpc) is 3.11. The van der Waals surface area contributed by atoms with Crippen molar-refractivity contribution < 1.29 is 9.18 Å². The number of hydrogen-bond donors (Lipinski definition) is 2. The predicted octanol–water partition coefficient (Wildman–Crippen LogP) is 4.30. The second-order valence-electron chi connectivity index (χ2n) is 6.84. The molecule has 0 radical (unpaired) electrons. The number of rotatable bonds is 3. The summed E-state index contributed by atoms with van der Waals surface area (Å²) in [6.07, 6.45) is 0. The van der Waals surface area contributed by atoms with Crippen LogP contribution in [0.15, 0.2) is 60.7 Å². The molecule has 0 aliphatic carbocycles. The van der Waals surface area contributed by atoms with E-state index in [0.717, 1.165) is 11.1 Å². The summed E-state index contributed by atoms with van der Waals surface area (Å²) in [4.78, 5) is 13.9. The van der Waals surface area contributed by atoms with Crippen LogP contribution < -0.4 is 10.6 Å². The standard InChI is InChI=1S/C22H18FN5OS/c1-13-5-3-4-6-17(13)21(29)25-22(30)24-18-12-20-19(11-14(18)2)26-28(27-20)16-9-7-15(23)8-10-16/h3-12H,1-2H3,(H2,24,25,29,30). The van der Waals surface area contributed by atoms with Gasteiger partial charge in [0.2, 0.25) is 0 Å². The number of thiocarbonyl (C=S) groups is 1. The molecule has 0 aliphatic rings. The highest BCUT2D eigenvalue weighted by atomic mass is 32.1. The van der Waals surface area contributed by atoms with Crippen molar-refractivity contribution in [2.45, 2.75) is 13.8 Å². The Kier molecular flexibility index (Phi) is 5.24. The third-order valence-corrected chi connectivity index (χ3v) is 4.85. The number of fused-ring (bicyclic) bond motifs is 1. The van der Waals surface area contributed by atoms with Crippen LogP contribution in [0.25, 0.3) is 16.7 Å². The molecule has 2 N–H and O–H groups in total. The summed E-state index contributed by atoms with van der Waals surface area (Å²) in [7, 11) is 0. The summed E-state index contributed by atoms with van der Waals surface area (Å²) in [6.45, 7) is 3.78. The van der Waals surface area contributed by atoms with Crippen LogP contribution in [0.4, 0.5) is 10.1 Å². The van der Waals surface area contributed by atoms with Crippen LogP contribution in [0, 0.1) is 19.7 Å². The van der Waals surface area contributed by atoms with E-state index >= 15 is 0 Å². The normalized spacial score (nSPS) is 10.8. The van der Waals surface area contributed by atoms with Crippen molar-refractivity contribution in [3.8, 4) is 5.69 Å². The fourth-order valence-corrected chi connectivity index (χ4v) is 3.25. The minimum absolute atomic E-state index is 0.191. The molecule has 4 aromatic rings. The number of nitrogens with zero attached hydrogens (tertiary/aromatic N) is 3. The van der Waals surface area contributed by atoms with Gasteiger partial charge in [-0.05, 0) is 79.7 Å². The first-order chi connectivity index (χ1) is 14.4. The van der Waals surface area contributed by atoms with E-state index in [0.29, 0.717) is 28.0 Å². The van der Waals surface area contributed by atoms with Crippen LogP contribution in [0.1, 0.15) is 21.5 Å². The zero-order valence-electron chi connectivity index (χ0n) is 16.3. The molecule has 8 heteroatoms. The van der Waals surface area contributed by atoms with Gasteiger partial charge in [0.1, 0.15) is 16.9 Å². The summed E-state index contributed by atoms with van der Waals surface area (Å²) < 4.78 is 13.2. The molecule has 0 aliphatic heterocycles. The van der Waals surface area contributed by atoms with Crippen molar-refractivity contribution in [1.29, 1.82) is 0 Å². The second-order valence-corrected chi connectivity index (χ2v) is 7.25. The van der Waals surface area contributed by atoms with Gasteiger partial charge in [0, 0.05) is 11.3 Å². The summed E-state index contributed by atoms with van der Waals surface area (Å²) in [5.74, 6) is -0.592. The van der Waals surface area contributed by atoms with E-state index in [1.807, 2.05) is 38.1 Å². The van der Waals surface area contributed by atoms with E-state index in [1.165, 1.54) is 16.9 Å². The third-order valence-electron chi connectivity index (χ3n) is 4.65. The van der Waals surface area contributed by atoms with E-state index in [2.05, 4.69) is 20.8 Å². The number of hydrogen-bond acceptors (Lipinski definition) is 4. The quantitative estimate of drug-likeness (QED) is 0.485. The highest BCUT2D eigenvalue weighted by Gasteiger charge is 2.13. The van der Waals surface area contributed by atoms with E-state index in [4.69, 9.17) is 12.2 Å². The lowest BCUT2D eigenvalue weighted by molar-refractivity contribution is 0.0977. The molecule has 4 rings (SSSR count). The number of aryl methyl sites for hydroxylation is 2. The first kappa shape index (κ1) is 19.7. The smallest absolute Gasteiger partial charge is 0.257 e. The van der Waals surface area contributed by atoms with Crippen LogP contribution >= 0.6 is 12.2 Å². The van der Waals surface area contributed by atoms with Crippen LogP contribution in [-0.2, 0) is 0 Å². The van der Waals surface area contributed by atoms with Gasteiger partial charge in [0.25, 0.3) is 5.91 Å². The van der Waals surface area contributed by atoms with Crippen molar-refractivity contribution >= 4 is 40.0 Å². The molecule has 0 saturated heterocycles. The maximum absolute atomic E-state index is 13.2. The Morgan fingerprint density at radius 1 is 0.967 bits per heavy atom. The van der Waals surface area contributed by atoms with Gasteiger partial charge in [-0.15, -0.1) is 10.2 Å². The van der Waals surface area contributed by atoms with Gasteiger partial charge >= 0.3 is 0 Å². The van der Waals surface area contributed by atoms with Crippen LogP contribution in [0.3, 0.4) is 0 Å². The number of aromatic nitrogens is 3. The zero-order valence-corrected chi connectivity index (χ0v) is 17.1. The SMILES string of the molecule is Cc1cc2nn(-c3ccc(F)cc3)nc2cc1NC(=S)NC(=O)c1ccccc1C. The van der Waals surface area contributed by atoms with Crippen molar-refractivity contribution in [1.82, 2.24) is 20.3 Å². The Hall–Kier alpha value is -3.65. The van der Waals surface area contributed by atoms with E-state index < -0.39 is 0 Å². The highest BCUT2D eigenvalue weighted by Crippen LogP contribution is 2.22. The molecule has 1 aromatic heterocycles. The van der Waals surface area contributed by atoms with Gasteiger partial charge in [-0.25, -0.2) is 4.39 Å². The van der Waals surface area contributed by atoms with Crippen molar-refractivity contribution in [2.24, 2.45) is 0 Å². The van der Waals surface area contributed by atoms with Crippen LogP contribution in [0.2, 0.25) is 0 Å². The molecule has 30 heavy (non-hydrogen) atoms. The number of carbonyl (C=O) groups excluding carboxylic acids is 1. The molecular weight excluding hydrogens is 401 g/mol. The van der Waals surface area contributed by atoms with Gasteiger partial charge in [-0.2, -0.15) is 4.80 Å². The van der Waals surface area contributed by atoms with Crippen LogP contribution in [-0.4, -0.2) is 26.0 Å². The molecule has 150 valence electrons. The number of anilines is 1. The lowest BCUT2D eigenvalue weighted by atomic mass is 10.1. The van der Waals surface area contributed by atoms with Crippen molar-refractivity contribution in [3.63, 3.8) is 0 Å². The van der Waals surface area contributed by atoms with E-state index in [1.54, 1.807) is 24.3 Å². The lowest BCUT2D eigenvalue weighted by Crippen LogP contribution is -2.34. The molecule has 0 saturated carbocycles. The lowest BCUT2D eigenvalue weighted by Gasteiger charge is -2.12. The third kappa shape index (κ3) is 4.04. The van der Waals surface area contributed by atoms with Gasteiger partial charge < -0.3 is 5.32 Å². The van der Waals surface area contributed by atoms with Crippen LogP contribution in [0.5, 0.6) is 0 Å². The molecule has 1 heterocycles. The molecule has 6 nitrogen and oxygen atoms in total. The molecule has 0 atom stereocenters. The Balaban J connectivity index is 1.54. The summed E-state index contributed by atoms with van der Waals surface area (Å²) in [5.41, 5.74) is 5.02. The zero-order chi connectivity index (χ0) is 21.3. The maximum atomic E-state index is 13.2. The fourth-order valence-electron chi connectivity index (χ4n) is 3.04. The van der Waals surface area contributed by atoms with E-state index in [9.17, 15) is 9.18 Å². The first-order valence-corrected chi connectivity index (χ1v) is 9.63. The number of carbonyl (C=O) groups is 1. The Morgan fingerprint density at radius 2 is 1.63 bits per heavy atom.